The molecule has 0 saturated carbocycles. The van der Waals surface area contributed by atoms with Gasteiger partial charge in [0, 0.05) is 16.6 Å². The van der Waals surface area contributed by atoms with Crippen LogP contribution in [0.15, 0.2) is 40.9 Å². The van der Waals surface area contributed by atoms with Crippen molar-refractivity contribution in [2.24, 2.45) is 0 Å². The Bertz CT molecular complexity index is 811. The maximum absolute atomic E-state index is 6.42. The van der Waals surface area contributed by atoms with Gasteiger partial charge in [-0.3, -0.25) is 4.57 Å². The monoisotopic (exact) mass is 363 g/mol. The molecule has 0 aliphatic heterocycles. The van der Waals surface area contributed by atoms with Crippen molar-refractivity contribution in [3.8, 4) is 5.69 Å². The zero-order valence-electron chi connectivity index (χ0n) is 11.6. The normalized spacial score (nSPS) is 11.2. The van der Waals surface area contributed by atoms with Gasteiger partial charge in [-0.1, -0.05) is 34.5 Å². The molecule has 3 rings (SSSR count). The van der Waals surface area contributed by atoms with Crippen LogP contribution >= 0.6 is 27.5 Å². The van der Waals surface area contributed by atoms with Gasteiger partial charge in [0.25, 0.3) is 0 Å². The minimum atomic E-state index is 0.692. The van der Waals surface area contributed by atoms with E-state index in [1.54, 1.807) is 0 Å². The van der Waals surface area contributed by atoms with Crippen molar-refractivity contribution in [1.29, 1.82) is 0 Å². The quantitative estimate of drug-likeness (QED) is 0.666. The number of anilines is 1. The van der Waals surface area contributed by atoms with Gasteiger partial charge < -0.3 is 5.73 Å². The number of nitrogens with zero attached hydrogens (tertiary/aromatic N) is 2. The molecule has 0 bridgehead atoms. The van der Waals surface area contributed by atoms with E-state index < -0.39 is 0 Å². The van der Waals surface area contributed by atoms with E-state index in [2.05, 4.69) is 27.4 Å². The third-order valence-corrected chi connectivity index (χ3v) is 4.17. The lowest BCUT2D eigenvalue weighted by Gasteiger charge is -2.11. The third-order valence-electron chi connectivity index (χ3n) is 3.37. The summed E-state index contributed by atoms with van der Waals surface area (Å²) in [5.41, 5.74) is 9.45. The Labute approximate surface area is 136 Å². The van der Waals surface area contributed by atoms with Gasteiger partial charge in [0.15, 0.2) is 0 Å². The van der Waals surface area contributed by atoms with Crippen LogP contribution in [0.5, 0.6) is 0 Å². The number of hydrogen-bond acceptors (Lipinski definition) is 2. The van der Waals surface area contributed by atoms with Crippen molar-refractivity contribution in [2.75, 3.05) is 5.73 Å². The van der Waals surface area contributed by atoms with Crippen LogP contribution in [0.2, 0.25) is 5.02 Å². The Balaban J connectivity index is 2.30. The SMILES string of the molecule is CCCc1nc2cc(N)ccc2n1-c1ccc(Br)cc1Cl. The van der Waals surface area contributed by atoms with Gasteiger partial charge >= 0.3 is 0 Å². The first-order chi connectivity index (χ1) is 10.1. The zero-order valence-corrected chi connectivity index (χ0v) is 13.9. The van der Waals surface area contributed by atoms with Crippen LogP contribution in [-0.2, 0) is 6.42 Å². The molecule has 3 aromatic rings. The highest BCUT2D eigenvalue weighted by atomic mass is 79.9. The first kappa shape index (κ1) is 14.4. The van der Waals surface area contributed by atoms with Gasteiger partial charge in [-0.2, -0.15) is 0 Å². The first-order valence-corrected chi connectivity index (χ1v) is 7.99. The summed E-state index contributed by atoms with van der Waals surface area (Å²) in [6.45, 7) is 2.14. The fraction of sp³-hybridized carbons (Fsp3) is 0.188. The van der Waals surface area contributed by atoms with E-state index in [0.29, 0.717) is 5.02 Å². The van der Waals surface area contributed by atoms with E-state index in [-0.39, 0.29) is 0 Å². The fourth-order valence-corrected chi connectivity index (χ4v) is 3.23. The van der Waals surface area contributed by atoms with Crippen LogP contribution in [0.3, 0.4) is 0 Å². The third kappa shape index (κ3) is 2.65. The van der Waals surface area contributed by atoms with Crippen molar-refractivity contribution in [3.63, 3.8) is 0 Å². The van der Waals surface area contributed by atoms with Gasteiger partial charge in [-0.25, -0.2) is 4.98 Å². The molecular weight excluding hydrogens is 350 g/mol. The second kappa shape index (κ2) is 5.70. The minimum absolute atomic E-state index is 0.692. The molecule has 21 heavy (non-hydrogen) atoms. The molecule has 3 nitrogen and oxygen atoms in total. The van der Waals surface area contributed by atoms with Gasteiger partial charge in [0.2, 0.25) is 0 Å². The van der Waals surface area contributed by atoms with E-state index >= 15 is 0 Å². The number of aromatic nitrogens is 2. The van der Waals surface area contributed by atoms with Crippen molar-refractivity contribution in [3.05, 3.63) is 51.7 Å². The highest BCUT2D eigenvalue weighted by Gasteiger charge is 2.14. The van der Waals surface area contributed by atoms with Crippen molar-refractivity contribution in [2.45, 2.75) is 19.8 Å². The van der Waals surface area contributed by atoms with E-state index in [0.717, 1.165) is 45.5 Å². The van der Waals surface area contributed by atoms with Crippen LogP contribution in [-0.4, -0.2) is 9.55 Å². The summed E-state index contributed by atoms with van der Waals surface area (Å²) in [7, 11) is 0. The summed E-state index contributed by atoms with van der Waals surface area (Å²) in [5.74, 6) is 1.00. The number of imidazole rings is 1. The first-order valence-electron chi connectivity index (χ1n) is 6.82. The van der Waals surface area contributed by atoms with Crippen LogP contribution < -0.4 is 5.73 Å². The molecule has 0 radical (unpaired) electrons. The Kier molecular flexibility index (Phi) is 3.91. The predicted molar refractivity (Wildman–Crippen MR) is 92.2 cm³/mol. The lowest BCUT2D eigenvalue weighted by atomic mass is 10.2. The van der Waals surface area contributed by atoms with E-state index in [9.17, 15) is 0 Å². The van der Waals surface area contributed by atoms with Gasteiger partial charge in [0.05, 0.1) is 21.7 Å². The predicted octanol–water partition coefficient (Wildman–Crippen LogP) is 4.98. The van der Waals surface area contributed by atoms with E-state index in [1.807, 2.05) is 36.4 Å². The van der Waals surface area contributed by atoms with Crippen molar-refractivity contribution < 1.29 is 0 Å². The van der Waals surface area contributed by atoms with Crippen LogP contribution in [0.25, 0.3) is 16.7 Å². The number of halogens is 2. The van der Waals surface area contributed by atoms with Crippen molar-refractivity contribution >= 4 is 44.3 Å². The largest absolute Gasteiger partial charge is 0.399 e. The van der Waals surface area contributed by atoms with E-state index in [4.69, 9.17) is 22.3 Å². The molecule has 0 aliphatic carbocycles. The number of fused-ring (bicyclic) bond motifs is 1. The van der Waals surface area contributed by atoms with Crippen LogP contribution in [0.1, 0.15) is 19.2 Å². The number of benzene rings is 2. The maximum Gasteiger partial charge on any atom is 0.114 e. The second-order valence-corrected chi connectivity index (χ2v) is 6.28. The van der Waals surface area contributed by atoms with Gasteiger partial charge in [0.1, 0.15) is 5.82 Å². The summed E-state index contributed by atoms with van der Waals surface area (Å²) < 4.78 is 3.08. The lowest BCUT2D eigenvalue weighted by molar-refractivity contribution is 0.818. The van der Waals surface area contributed by atoms with Crippen LogP contribution in [0.4, 0.5) is 5.69 Å². The van der Waals surface area contributed by atoms with E-state index in [1.165, 1.54) is 0 Å². The number of nitrogens with two attached hydrogens (primary N) is 1. The number of hydrogen-bond donors (Lipinski definition) is 1. The smallest absolute Gasteiger partial charge is 0.114 e. The van der Waals surface area contributed by atoms with Crippen LogP contribution in [0, 0.1) is 0 Å². The Morgan fingerprint density at radius 2 is 2.05 bits per heavy atom. The highest BCUT2D eigenvalue weighted by Crippen LogP contribution is 2.30. The maximum atomic E-state index is 6.42. The molecule has 1 aromatic heterocycles. The Hall–Kier alpha value is -1.52. The molecule has 0 amide bonds. The molecular formula is C16H15BrClN3. The molecule has 5 heteroatoms. The molecule has 0 saturated heterocycles. The average molecular weight is 365 g/mol. The number of nitrogen functional groups attached to an aromatic ring is 1. The standard InChI is InChI=1S/C16H15BrClN3/c1-2-3-16-20-13-9-11(19)5-7-15(13)21(16)14-6-4-10(17)8-12(14)18/h4-9H,2-3,19H2,1H3. The minimum Gasteiger partial charge on any atom is -0.399 e. The Morgan fingerprint density at radius 3 is 2.76 bits per heavy atom. The molecule has 0 atom stereocenters. The summed E-state index contributed by atoms with van der Waals surface area (Å²) in [6.07, 6.45) is 1.91. The van der Waals surface area contributed by atoms with Gasteiger partial charge in [-0.05, 0) is 42.8 Å². The fourth-order valence-electron chi connectivity index (χ4n) is 2.47. The summed E-state index contributed by atoms with van der Waals surface area (Å²) in [4.78, 5) is 4.72. The number of rotatable bonds is 3. The number of aryl methyl sites for hydroxylation is 1. The molecule has 2 aromatic carbocycles. The summed E-state index contributed by atoms with van der Waals surface area (Å²) in [5, 5.41) is 0.692. The lowest BCUT2D eigenvalue weighted by Crippen LogP contribution is -2.01. The molecule has 0 aliphatic rings. The zero-order chi connectivity index (χ0) is 15.0. The Morgan fingerprint density at radius 1 is 1.24 bits per heavy atom. The molecule has 108 valence electrons. The highest BCUT2D eigenvalue weighted by molar-refractivity contribution is 9.10. The molecule has 0 fully saturated rings. The average Bonchev–Trinajstić information content (AvgIpc) is 2.76. The molecule has 1 heterocycles. The van der Waals surface area contributed by atoms with Gasteiger partial charge in [-0.15, -0.1) is 0 Å². The summed E-state index contributed by atoms with van der Waals surface area (Å²) >= 11 is 9.86. The molecule has 0 spiro atoms. The van der Waals surface area contributed by atoms with Crippen molar-refractivity contribution in [1.82, 2.24) is 9.55 Å². The summed E-state index contributed by atoms with van der Waals surface area (Å²) in [6, 6.07) is 11.7. The molecule has 0 unspecified atom stereocenters. The topological polar surface area (TPSA) is 43.8 Å². The molecule has 2 N–H and O–H groups in total. The second-order valence-electron chi connectivity index (χ2n) is 4.96.